The van der Waals surface area contributed by atoms with Gasteiger partial charge in [-0.2, -0.15) is 0 Å². The number of halogens is 1. The van der Waals surface area contributed by atoms with Gasteiger partial charge in [0.25, 0.3) is 0 Å². The summed E-state index contributed by atoms with van der Waals surface area (Å²) in [4.78, 5) is 23.2. The summed E-state index contributed by atoms with van der Waals surface area (Å²) >= 11 is 1.23. The van der Waals surface area contributed by atoms with E-state index < -0.39 is 0 Å². The summed E-state index contributed by atoms with van der Waals surface area (Å²) in [7, 11) is 0. The van der Waals surface area contributed by atoms with Crippen LogP contribution < -0.4 is 5.32 Å². The van der Waals surface area contributed by atoms with Crippen molar-refractivity contribution in [3.8, 4) is 0 Å². The van der Waals surface area contributed by atoms with E-state index in [2.05, 4.69) is 5.32 Å². The van der Waals surface area contributed by atoms with Crippen LogP contribution in [0, 0.1) is 5.82 Å². The van der Waals surface area contributed by atoms with Crippen molar-refractivity contribution in [3.05, 3.63) is 35.6 Å². The van der Waals surface area contributed by atoms with E-state index in [0.717, 1.165) is 5.56 Å². The topological polar surface area (TPSA) is 55.4 Å². The molecule has 1 aromatic carbocycles. The van der Waals surface area contributed by atoms with Crippen molar-refractivity contribution in [2.24, 2.45) is 0 Å². The van der Waals surface area contributed by atoms with Crippen molar-refractivity contribution in [2.75, 3.05) is 12.4 Å². The van der Waals surface area contributed by atoms with Crippen molar-refractivity contribution in [1.29, 1.82) is 0 Å². The largest absolute Gasteiger partial charge is 0.465 e. The number of benzene rings is 1. The molecule has 21 heavy (non-hydrogen) atoms. The molecule has 0 radical (unpaired) electrons. The third kappa shape index (κ3) is 6.16. The molecule has 6 heteroatoms. The summed E-state index contributed by atoms with van der Waals surface area (Å²) in [5.74, 6) is -0.654. The summed E-state index contributed by atoms with van der Waals surface area (Å²) in [6, 6.07) is 5.77. The molecule has 0 saturated carbocycles. The maximum Gasteiger partial charge on any atom is 0.315 e. The highest BCUT2D eigenvalue weighted by Gasteiger charge is 2.18. The second-order valence-corrected chi connectivity index (χ2v) is 5.87. The van der Waals surface area contributed by atoms with Crippen molar-refractivity contribution in [1.82, 2.24) is 5.32 Å². The van der Waals surface area contributed by atoms with E-state index in [1.807, 2.05) is 6.92 Å². The van der Waals surface area contributed by atoms with Gasteiger partial charge in [-0.1, -0.05) is 12.1 Å². The van der Waals surface area contributed by atoms with E-state index in [-0.39, 0.29) is 34.7 Å². The van der Waals surface area contributed by atoms with E-state index in [4.69, 9.17) is 4.74 Å². The molecule has 0 fully saturated rings. The molecule has 0 heterocycles. The average molecular weight is 313 g/mol. The van der Waals surface area contributed by atoms with E-state index in [1.54, 1.807) is 26.0 Å². The van der Waals surface area contributed by atoms with Gasteiger partial charge < -0.3 is 10.1 Å². The fourth-order valence-electron chi connectivity index (χ4n) is 1.64. The third-order valence-corrected chi connectivity index (χ3v) is 3.97. The zero-order chi connectivity index (χ0) is 15.8. The molecule has 4 nitrogen and oxygen atoms in total. The van der Waals surface area contributed by atoms with Crippen LogP contribution in [0.3, 0.4) is 0 Å². The minimum absolute atomic E-state index is 0.146. The second-order valence-electron chi connectivity index (χ2n) is 4.54. The summed E-state index contributed by atoms with van der Waals surface area (Å²) in [5.41, 5.74) is 0.826. The predicted octanol–water partition coefficient (Wildman–Crippen LogP) is 2.69. The lowest BCUT2D eigenvalue weighted by Crippen LogP contribution is -2.33. The average Bonchev–Trinajstić information content (AvgIpc) is 2.45. The SMILES string of the molecule is CCOC(=O)CSC(C)C(=O)NC(C)c1ccc(F)cc1. The molecule has 0 saturated heterocycles. The van der Waals surface area contributed by atoms with Crippen LogP contribution in [0.25, 0.3) is 0 Å². The number of rotatable bonds is 7. The molecule has 1 N–H and O–H groups in total. The molecule has 2 unspecified atom stereocenters. The van der Waals surface area contributed by atoms with Crippen molar-refractivity contribution >= 4 is 23.6 Å². The Balaban J connectivity index is 2.44. The Morgan fingerprint density at radius 3 is 2.48 bits per heavy atom. The van der Waals surface area contributed by atoms with Crippen molar-refractivity contribution < 1.29 is 18.7 Å². The van der Waals surface area contributed by atoms with E-state index in [0.29, 0.717) is 6.61 Å². The van der Waals surface area contributed by atoms with Gasteiger partial charge in [-0.25, -0.2) is 4.39 Å². The first-order chi connectivity index (χ1) is 9.93. The number of nitrogens with one attached hydrogen (secondary N) is 1. The predicted molar refractivity (Wildman–Crippen MR) is 81.5 cm³/mol. The molecule has 116 valence electrons. The van der Waals surface area contributed by atoms with Crippen LogP contribution in [-0.2, 0) is 14.3 Å². The Bertz CT molecular complexity index is 478. The number of ether oxygens (including phenoxy) is 1. The lowest BCUT2D eigenvalue weighted by atomic mass is 10.1. The van der Waals surface area contributed by atoms with Crippen molar-refractivity contribution in [3.63, 3.8) is 0 Å². The fraction of sp³-hybridized carbons (Fsp3) is 0.467. The van der Waals surface area contributed by atoms with Crippen molar-refractivity contribution in [2.45, 2.75) is 32.1 Å². The maximum atomic E-state index is 12.8. The molecule has 0 spiro atoms. The summed E-state index contributed by atoms with van der Waals surface area (Å²) in [6.07, 6.45) is 0. The Morgan fingerprint density at radius 1 is 1.29 bits per heavy atom. The maximum absolute atomic E-state index is 12.8. The third-order valence-electron chi connectivity index (χ3n) is 2.85. The second kappa shape index (κ2) is 8.67. The molecule has 1 aromatic rings. The first kappa shape index (κ1) is 17.5. The molecule has 2 atom stereocenters. The highest BCUT2D eigenvalue weighted by molar-refractivity contribution is 8.01. The Morgan fingerprint density at radius 2 is 1.90 bits per heavy atom. The quantitative estimate of drug-likeness (QED) is 0.786. The van der Waals surface area contributed by atoms with E-state index in [9.17, 15) is 14.0 Å². The molecule has 0 aliphatic carbocycles. The zero-order valence-corrected chi connectivity index (χ0v) is 13.2. The molecule has 0 aliphatic heterocycles. The van der Waals surface area contributed by atoms with Gasteiger partial charge in [0.15, 0.2) is 0 Å². The van der Waals surface area contributed by atoms with Gasteiger partial charge in [-0.3, -0.25) is 9.59 Å². The number of esters is 1. The standard InChI is InChI=1S/C15H20FNO3S/c1-4-20-14(18)9-21-11(3)15(19)17-10(2)12-5-7-13(16)8-6-12/h5-8,10-11H,4,9H2,1-3H3,(H,17,19). The number of carbonyl (C=O) groups excluding carboxylic acids is 2. The smallest absolute Gasteiger partial charge is 0.315 e. The normalized spacial score (nSPS) is 13.3. The molecule has 0 bridgehead atoms. The van der Waals surface area contributed by atoms with Crippen LogP contribution in [0.2, 0.25) is 0 Å². The van der Waals surface area contributed by atoms with Gasteiger partial charge in [0, 0.05) is 0 Å². The van der Waals surface area contributed by atoms with Crippen LogP contribution in [0.4, 0.5) is 4.39 Å². The number of carbonyl (C=O) groups is 2. The van der Waals surface area contributed by atoms with E-state index in [1.165, 1.54) is 23.9 Å². The van der Waals surface area contributed by atoms with Gasteiger partial charge in [-0.15, -0.1) is 11.8 Å². The molecular formula is C15H20FNO3S. The van der Waals surface area contributed by atoms with Gasteiger partial charge >= 0.3 is 5.97 Å². The monoisotopic (exact) mass is 313 g/mol. The minimum atomic E-state index is -0.364. The first-order valence-corrected chi connectivity index (χ1v) is 7.82. The summed E-state index contributed by atoms with van der Waals surface area (Å²) < 4.78 is 17.7. The molecule has 0 aliphatic rings. The summed E-state index contributed by atoms with van der Waals surface area (Å²) in [5, 5.41) is 2.47. The number of thioether (sulfide) groups is 1. The molecular weight excluding hydrogens is 293 g/mol. The number of amides is 1. The minimum Gasteiger partial charge on any atom is -0.465 e. The van der Waals surface area contributed by atoms with Gasteiger partial charge in [0.2, 0.25) is 5.91 Å². The van der Waals surface area contributed by atoms with Gasteiger partial charge in [0.05, 0.1) is 23.7 Å². The number of hydrogen-bond acceptors (Lipinski definition) is 4. The Hall–Kier alpha value is -1.56. The first-order valence-electron chi connectivity index (χ1n) is 6.77. The van der Waals surface area contributed by atoms with Gasteiger partial charge in [-0.05, 0) is 38.5 Å². The van der Waals surface area contributed by atoms with Crippen LogP contribution in [-0.4, -0.2) is 29.5 Å². The lowest BCUT2D eigenvalue weighted by Gasteiger charge is -2.17. The molecule has 1 rings (SSSR count). The van der Waals surface area contributed by atoms with E-state index >= 15 is 0 Å². The highest BCUT2D eigenvalue weighted by Crippen LogP contribution is 2.16. The van der Waals surface area contributed by atoms with Crippen LogP contribution in [0.1, 0.15) is 32.4 Å². The van der Waals surface area contributed by atoms with Crippen LogP contribution in [0.15, 0.2) is 24.3 Å². The fourth-order valence-corrected chi connectivity index (χ4v) is 2.33. The zero-order valence-electron chi connectivity index (χ0n) is 12.4. The summed E-state index contributed by atoms with van der Waals surface area (Å²) in [6.45, 7) is 5.63. The Kier molecular flexibility index (Phi) is 7.22. The molecule has 1 amide bonds. The molecule has 0 aromatic heterocycles. The van der Waals surface area contributed by atoms with Crippen LogP contribution >= 0.6 is 11.8 Å². The number of hydrogen-bond donors (Lipinski definition) is 1. The highest BCUT2D eigenvalue weighted by atomic mass is 32.2. The van der Waals surface area contributed by atoms with Gasteiger partial charge in [0.1, 0.15) is 5.82 Å². The van der Waals surface area contributed by atoms with Crippen LogP contribution in [0.5, 0.6) is 0 Å². The Labute approximate surface area is 128 Å². The lowest BCUT2D eigenvalue weighted by molar-refractivity contribution is -0.139.